The molecule has 1 aliphatic carbocycles. The van der Waals surface area contributed by atoms with E-state index in [-0.39, 0.29) is 11.8 Å². The predicted molar refractivity (Wildman–Crippen MR) is 127 cm³/mol. The van der Waals surface area contributed by atoms with Gasteiger partial charge in [-0.1, -0.05) is 0 Å². The number of nitrogen functional groups attached to an aromatic ring is 1. The maximum atomic E-state index is 13.3. The third-order valence-electron chi connectivity index (χ3n) is 6.83. The van der Waals surface area contributed by atoms with Crippen LogP contribution in [0.1, 0.15) is 47.5 Å². The van der Waals surface area contributed by atoms with Gasteiger partial charge in [-0.15, -0.1) is 0 Å². The third kappa shape index (κ3) is 4.02. The number of anilines is 3. The standard InChI is InChI=1S/C25H28F3N5O/c1-13(15-7-16(25(26,27)28)9-17(29)8-15)30-24-21-10-22(33-11-18(12-33)34-3)19-5-4-6-20(19)23(21)31-14(2)32-24/h7-10,13,18H,4-6,11-12,29H2,1-3H3,(H,30,31,32)/t13-/m1/s1. The number of rotatable bonds is 5. The minimum atomic E-state index is -4.46. The zero-order valence-corrected chi connectivity index (χ0v) is 19.5. The smallest absolute Gasteiger partial charge is 0.399 e. The molecular formula is C25H28F3N5O. The van der Waals surface area contributed by atoms with Crippen LogP contribution in [0.3, 0.4) is 0 Å². The van der Waals surface area contributed by atoms with Gasteiger partial charge in [-0.05, 0) is 74.1 Å². The molecule has 2 heterocycles. The summed E-state index contributed by atoms with van der Waals surface area (Å²) in [6.07, 6.45) is -1.19. The lowest BCUT2D eigenvalue weighted by molar-refractivity contribution is -0.137. The van der Waals surface area contributed by atoms with Crippen LogP contribution in [0, 0.1) is 6.92 Å². The second-order valence-electron chi connectivity index (χ2n) is 9.24. The highest BCUT2D eigenvalue weighted by molar-refractivity contribution is 5.96. The van der Waals surface area contributed by atoms with E-state index in [1.54, 1.807) is 13.2 Å². The Bertz CT molecular complexity index is 1250. The predicted octanol–water partition coefficient (Wildman–Crippen LogP) is 5.04. The largest absolute Gasteiger partial charge is 0.416 e. The summed E-state index contributed by atoms with van der Waals surface area (Å²) in [6.45, 7) is 5.32. The fourth-order valence-electron chi connectivity index (χ4n) is 5.01. The van der Waals surface area contributed by atoms with Gasteiger partial charge >= 0.3 is 6.18 Å². The van der Waals surface area contributed by atoms with E-state index in [0.717, 1.165) is 55.4 Å². The van der Waals surface area contributed by atoms with E-state index in [2.05, 4.69) is 21.3 Å². The number of halogens is 3. The quantitative estimate of drug-likeness (QED) is 0.508. The van der Waals surface area contributed by atoms with E-state index in [9.17, 15) is 13.2 Å². The molecule has 0 bridgehead atoms. The molecule has 2 aliphatic rings. The van der Waals surface area contributed by atoms with Gasteiger partial charge in [0.1, 0.15) is 11.6 Å². The van der Waals surface area contributed by atoms with E-state index in [4.69, 9.17) is 15.5 Å². The van der Waals surface area contributed by atoms with Crippen molar-refractivity contribution < 1.29 is 17.9 Å². The molecule has 9 heteroatoms. The minimum Gasteiger partial charge on any atom is -0.399 e. The van der Waals surface area contributed by atoms with Gasteiger partial charge in [0.05, 0.1) is 23.2 Å². The number of methoxy groups -OCH3 is 1. The van der Waals surface area contributed by atoms with Crippen LogP contribution in [0.4, 0.5) is 30.4 Å². The summed E-state index contributed by atoms with van der Waals surface area (Å²) >= 11 is 0. The second-order valence-corrected chi connectivity index (χ2v) is 9.24. The lowest BCUT2D eigenvalue weighted by atomic mass is 9.99. The first-order chi connectivity index (χ1) is 16.1. The molecule has 5 rings (SSSR count). The molecule has 0 radical (unpaired) electrons. The van der Waals surface area contributed by atoms with Crippen LogP contribution in [0.15, 0.2) is 24.3 Å². The Balaban J connectivity index is 1.56. The molecule has 1 aromatic heterocycles. The summed E-state index contributed by atoms with van der Waals surface area (Å²) in [7, 11) is 1.73. The number of aryl methyl sites for hydroxylation is 2. The summed E-state index contributed by atoms with van der Waals surface area (Å²) in [5, 5.41) is 4.23. The Morgan fingerprint density at radius 3 is 2.56 bits per heavy atom. The SMILES string of the molecule is COC1CN(c2cc3c(N[C@H](C)c4cc(N)cc(C(F)(F)F)c4)nc(C)nc3c3c2CCC3)C1. The summed E-state index contributed by atoms with van der Waals surface area (Å²) in [5.41, 5.74) is 10.2. The molecular weight excluding hydrogens is 443 g/mol. The number of ether oxygens (including phenoxy) is 1. The van der Waals surface area contributed by atoms with Crippen molar-refractivity contribution >= 4 is 28.1 Å². The summed E-state index contributed by atoms with van der Waals surface area (Å²) in [6, 6.07) is 5.34. The first-order valence-electron chi connectivity index (χ1n) is 11.5. The van der Waals surface area contributed by atoms with Crippen molar-refractivity contribution in [1.29, 1.82) is 0 Å². The molecule has 1 atom stereocenters. The number of benzene rings is 2. The van der Waals surface area contributed by atoms with Crippen LogP contribution in [0.5, 0.6) is 0 Å². The van der Waals surface area contributed by atoms with Gasteiger partial charge in [-0.3, -0.25) is 0 Å². The van der Waals surface area contributed by atoms with Gasteiger partial charge in [0.15, 0.2) is 0 Å². The van der Waals surface area contributed by atoms with Gasteiger partial charge in [-0.25, -0.2) is 9.97 Å². The molecule has 6 nitrogen and oxygen atoms in total. The average molecular weight is 472 g/mol. The number of nitrogens with one attached hydrogen (secondary N) is 1. The number of aromatic nitrogens is 2. The zero-order chi connectivity index (χ0) is 24.2. The Kier molecular flexibility index (Phi) is 5.55. The zero-order valence-electron chi connectivity index (χ0n) is 19.5. The minimum absolute atomic E-state index is 0.0767. The molecule has 1 fully saturated rings. The van der Waals surface area contributed by atoms with E-state index >= 15 is 0 Å². The first-order valence-corrected chi connectivity index (χ1v) is 11.5. The van der Waals surface area contributed by atoms with Crippen molar-refractivity contribution in [3.8, 4) is 0 Å². The van der Waals surface area contributed by atoms with E-state index in [1.165, 1.54) is 16.8 Å². The monoisotopic (exact) mass is 471 g/mol. The van der Waals surface area contributed by atoms with Crippen LogP contribution in [0.25, 0.3) is 10.9 Å². The highest BCUT2D eigenvalue weighted by Crippen LogP contribution is 2.41. The van der Waals surface area contributed by atoms with Crippen LogP contribution >= 0.6 is 0 Å². The molecule has 34 heavy (non-hydrogen) atoms. The number of hydrogen-bond acceptors (Lipinski definition) is 6. The van der Waals surface area contributed by atoms with Crippen molar-refractivity contribution in [1.82, 2.24) is 9.97 Å². The van der Waals surface area contributed by atoms with Crippen LogP contribution in [0.2, 0.25) is 0 Å². The van der Waals surface area contributed by atoms with E-state index in [0.29, 0.717) is 17.2 Å². The van der Waals surface area contributed by atoms with Gasteiger partial charge < -0.3 is 20.7 Å². The summed E-state index contributed by atoms with van der Waals surface area (Å²) < 4.78 is 45.4. The lowest BCUT2D eigenvalue weighted by Gasteiger charge is -2.41. The molecule has 0 saturated carbocycles. The maximum absolute atomic E-state index is 13.3. The Morgan fingerprint density at radius 1 is 1.12 bits per heavy atom. The maximum Gasteiger partial charge on any atom is 0.416 e. The van der Waals surface area contributed by atoms with Crippen molar-refractivity contribution in [2.75, 3.05) is 36.1 Å². The Morgan fingerprint density at radius 2 is 1.85 bits per heavy atom. The Hall–Kier alpha value is -3.07. The first kappa shape index (κ1) is 22.7. The topological polar surface area (TPSA) is 76.3 Å². The molecule has 0 spiro atoms. The summed E-state index contributed by atoms with van der Waals surface area (Å²) in [4.78, 5) is 11.7. The highest BCUT2D eigenvalue weighted by Gasteiger charge is 2.33. The number of fused-ring (bicyclic) bond motifs is 3. The summed E-state index contributed by atoms with van der Waals surface area (Å²) in [5.74, 6) is 1.24. The molecule has 1 aliphatic heterocycles. The molecule has 2 aromatic carbocycles. The average Bonchev–Trinajstić information content (AvgIpc) is 3.23. The fraction of sp³-hybridized carbons (Fsp3) is 0.440. The van der Waals surface area contributed by atoms with E-state index < -0.39 is 17.8 Å². The van der Waals surface area contributed by atoms with Crippen molar-refractivity contribution in [2.24, 2.45) is 0 Å². The normalized spacial score (nSPS) is 17.1. The van der Waals surface area contributed by atoms with E-state index in [1.807, 2.05) is 13.8 Å². The van der Waals surface area contributed by atoms with Crippen molar-refractivity contribution in [2.45, 2.75) is 51.4 Å². The lowest BCUT2D eigenvalue weighted by Crippen LogP contribution is -2.52. The van der Waals surface area contributed by atoms with Gasteiger partial charge in [-0.2, -0.15) is 13.2 Å². The number of nitrogens with two attached hydrogens (primary N) is 1. The molecule has 3 N–H and O–H groups in total. The Labute approximate surface area is 196 Å². The van der Waals surface area contributed by atoms with Gasteiger partial charge in [0.25, 0.3) is 0 Å². The highest BCUT2D eigenvalue weighted by atomic mass is 19.4. The fourth-order valence-corrected chi connectivity index (χ4v) is 5.01. The molecule has 0 amide bonds. The molecule has 0 unspecified atom stereocenters. The number of alkyl halides is 3. The molecule has 3 aromatic rings. The van der Waals surface area contributed by atoms with Gasteiger partial charge in [0, 0.05) is 37.0 Å². The molecule has 1 saturated heterocycles. The van der Waals surface area contributed by atoms with Crippen molar-refractivity contribution in [3.63, 3.8) is 0 Å². The number of nitrogens with zero attached hydrogens (tertiary/aromatic N) is 3. The third-order valence-corrected chi connectivity index (χ3v) is 6.83. The molecule has 180 valence electrons. The van der Waals surface area contributed by atoms with Crippen molar-refractivity contribution in [3.05, 3.63) is 52.3 Å². The second kappa shape index (κ2) is 8.30. The van der Waals surface area contributed by atoms with Crippen LogP contribution < -0.4 is 16.0 Å². The number of hydrogen-bond donors (Lipinski definition) is 2. The van der Waals surface area contributed by atoms with Gasteiger partial charge in [0.2, 0.25) is 0 Å². The van der Waals surface area contributed by atoms with Crippen LogP contribution in [-0.4, -0.2) is 36.3 Å². The van der Waals surface area contributed by atoms with Crippen LogP contribution in [-0.2, 0) is 23.8 Å².